The minimum absolute atomic E-state index is 0.0836. The summed E-state index contributed by atoms with van der Waals surface area (Å²) in [5.41, 5.74) is 7.62. The maximum atomic E-state index is 12.3. The number of nitrogens with one attached hydrogen (secondary N) is 1. The first-order valence-electron chi connectivity index (χ1n) is 7.99. The molecule has 2 rings (SSSR count). The number of hydrogen-bond acceptors (Lipinski definition) is 4. The van der Waals surface area contributed by atoms with E-state index in [2.05, 4.69) is 5.32 Å². The van der Waals surface area contributed by atoms with E-state index in [4.69, 9.17) is 10.5 Å². The predicted octanol–water partition coefficient (Wildman–Crippen LogP) is 0.748. The zero-order valence-corrected chi connectivity index (χ0v) is 13.7. The van der Waals surface area contributed by atoms with Crippen LogP contribution in [0.5, 0.6) is 0 Å². The number of carbonyl (C=O) groups excluding carboxylic acids is 2. The molecular weight excluding hydrogens is 294 g/mol. The van der Waals surface area contributed by atoms with Crippen molar-refractivity contribution < 1.29 is 14.3 Å². The Bertz CT molecular complexity index is 560. The summed E-state index contributed by atoms with van der Waals surface area (Å²) < 4.78 is 5.54. The van der Waals surface area contributed by atoms with Gasteiger partial charge < -0.3 is 20.7 Å². The minimum Gasteiger partial charge on any atom is -0.374 e. The van der Waals surface area contributed by atoms with Crippen molar-refractivity contribution in [1.29, 1.82) is 0 Å². The third-order valence-corrected chi connectivity index (χ3v) is 4.00. The van der Waals surface area contributed by atoms with Crippen LogP contribution in [0.4, 0.5) is 0 Å². The van der Waals surface area contributed by atoms with E-state index in [1.807, 2.05) is 38.1 Å². The summed E-state index contributed by atoms with van der Waals surface area (Å²) in [5.74, 6) is -1.08. The van der Waals surface area contributed by atoms with Gasteiger partial charge >= 0.3 is 11.8 Å². The maximum absolute atomic E-state index is 12.3. The summed E-state index contributed by atoms with van der Waals surface area (Å²) in [6, 6.07) is 7.66. The summed E-state index contributed by atoms with van der Waals surface area (Å²) in [5, 5.41) is 2.77. The van der Waals surface area contributed by atoms with Crippen LogP contribution in [0.25, 0.3) is 0 Å². The molecular formula is C17H25N3O3. The lowest BCUT2D eigenvalue weighted by molar-refractivity contribution is -0.151. The number of nitrogens with two attached hydrogens (primary N) is 1. The average molecular weight is 319 g/mol. The number of amides is 2. The van der Waals surface area contributed by atoms with Crippen LogP contribution in [0.3, 0.4) is 0 Å². The zero-order valence-electron chi connectivity index (χ0n) is 13.7. The number of aryl methyl sites for hydroxylation is 1. The SMILES string of the molecule is Cc1cccc(C(C)NC(=O)C(=O)N2CCOC(CCN)C2)c1. The Morgan fingerprint density at radius 1 is 1.48 bits per heavy atom. The second-order valence-electron chi connectivity index (χ2n) is 5.93. The van der Waals surface area contributed by atoms with Gasteiger partial charge in [0, 0.05) is 13.1 Å². The van der Waals surface area contributed by atoms with Crippen molar-refractivity contribution in [3.8, 4) is 0 Å². The van der Waals surface area contributed by atoms with Crippen LogP contribution in [0.15, 0.2) is 24.3 Å². The van der Waals surface area contributed by atoms with Gasteiger partial charge in [-0.15, -0.1) is 0 Å². The van der Waals surface area contributed by atoms with Gasteiger partial charge in [0.05, 0.1) is 18.8 Å². The molecule has 3 N–H and O–H groups in total. The molecule has 6 heteroatoms. The van der Waals surface area contributed by atoms with E-state index in [0.717, 1.165) is 11.1 Å². The van der Waals surface area contributed by atoms with Gasteiger partial charge in [0.2, 0.25) is 0 Å². The van der Waals surface area contributed by atoms with Gasteiger partial charge in [-0.1, -0.05) is 29.8 Å². The third kappa shape index (κ3) is 4.77. The van der Waals surface area contributed by atoms with E-state index >= 15 is 0 Å². The number of morpholine rings is 1. The molecule has 2 atom stereocenters. The lowest BCUT2D eigenvalue weighted by Gasteiger charge is -2.32. The van der Waals surface area contributed by atoms with Crippen LogP contribution < -0.4 is 11.1 Å². The molecule has 6 nitrogen and oxygen atoms in total. The maximum Gasteiger partial charge on any atom is 0.312 e. The molecule has 0 bridgehead atoms. The molecule has 1 aliphatic heterocycles. The van der Waals surface area contributed by atoms with Crippen molar-refractivity contribution in [3.05, 3.63) is 35.4 Å². The lowest BCUT2D eigenvalue weighted by Crippen LogP contribution is -2.51. The summed E-state index contributed by atoms with van der Waals surface area (Å²) in [6.07, 6.45) is 0.602. The van der Waals surface area contributed by atoms with Crippen LogP contribution >= 0.6 is 0 Å². The van der Waals surface area contributed by atoms with E-state index in [0.29, 0.717) is 32.7 Å². The fourth-order valence-corrected chi connectivity index (χ4v) is 2.69. The first-order chi connectivity index (χ1) is 11.0. The Hall–Kier alpha value is -1.92. The zero-order chi connectivity index (χ0) is 16.8. The van der Waals surface area contributed by atoms with Gasteiger partial charge in [0.15, 0.2) is 0 Å². The van der Waals surface area contributed by atoms with E-state index in [9.17, 15) is 9.59 Å². The molecule has 0 aromatic heterocycles. The first-order valence-corrected chi connectivity index (χ1v) is 7.99. The molecule has 126 valence electrons. The van der Waals surface area contributed by atoms with Gasteiger partial charge in [0.1, 0.15) is 0 Å². The monoisotopic (exact) mass is 319 g/mol. The number of benzene rings is 1. The molecule has 0 spiro atoms. The fraction of sp³-hybridized carbons (Fsp3) is 0.529. The Kier molecular flexibility index (Phi) is 6.12. The van der Waals surface area contributed by atoms with Crippen molar-refractivity contribution >= 4 is 11.8 Å². The normalized spacial score (nSPS) is 19.3. The van der Waals surface area contributed by atoms with Crippen molar-refractivity contribution in [3.63, 3.8) is 0 Å². The Labute approximate surface area is 137 Å². The Balaban J connectivity index is 1.93. The van der Waals surface area contributed by atoms with Crippen molar-refractivity contribution in [1.82, 2.24) is 10.2 Å². The van der Waals surface area contributed by atoms with Crippen LogP contribution in [0.2, 0.25) is 0 Å². The highest BCUT2D eigenvalue weighted by Gasteiger charge is 2.28. The van der Waals surface area contributed by atoms with Gasteiger partial charge in [-0.3, -0.25) is 9.59 Å². The number of rotatable bonds is 4. The lowest BCUT2D eigenvalue weighted by atomic mass is 10.1. The van der Waals surface area contributed by atoms with Crippen molar-refractivity contribution in [2.24, 2.45) is 5.73 Å². The largest absolute Gasteiger partial charge is 0.374 e. The molecule has 23 heavy (non-hydrogen) atoms. The first kappa shape index (κ1) is 17.4. The van der Waals surface area contributed by atoms with Crippen LogP contribution in [-0.2, 0) is 14.3 Å². The van der Waals surface area contributed by atoms with E-state index < -0.39 is 11.8 Å². The average Bonchev–Trinajstić information content (AvgIpc) is 2.54. The number of nitrogens with zero attached hydrogens (tertiary/aromatic N) is 1. The van der Waals surface area contributed by atoms with Gasteiger partial charge in [0.25, 0.3) is 0 Å². The van der Waals surface area contributed by atoms with E-state index in [1.165, 1.54) is 0 Å². The molecule has 1 aromatic rings. The van der Waals surface area contributed by atoms with Crippen LogP contribution in [-0.4, -0.2) is 49.1 Å². The standard InChI is InChI=1S/C17H25N3O3/c1-12-4-3-5-14(10-12)13(2)19-16(21)17(22)20-8-9-23-15(11-20)6-7-18/h3-5,10,13,15H,6-9,11,18H2,1-2H3,(H,19,21). The molecule has 1 aliphatic rings. The molecule has 0 radical (unpaired) electrons. The van der Waals surface area contributed by atoms with E-state index in [1.54, 1.807) is 4.90 Å². The Morgan fingerprint density at radius 3 is 2.96 bits per heavy atom. The molecule has 0 saturated carbocycles. The van der Waals surface area contributed by atoms with Gasteiger partial charge in [-0.25, -0.2) is 0 Å². The second kappa shape index (κ2) is 8.08. The van der Waals surface area contributed by atoms with Crippen molar-refractivity contribution in [2.75, 3.05) is 26.2 Å². The Morgan fingerprint density at radius 2 is 2.26 bits per heavy atom. The fourth-order valence-electron chi connectivity index (χ4n) is 2.69. The summed E-state index contributed by atoms with van der Waals surface area (Å²) >= 11 is 0. The molecule has 2 amide bonds. The van der Waals surface area contributed by atoms with Gasteiger partial charge in [-0.05, 0) is 32.4 Å². The van der Waals surface area contributed by atoms with Crippen LogP contribution in [0.1, 0.15) is 30.5 Å². The molecule has 1 aromatic carbocycles. The number of ether oxygens (including phenoxy) is 1. The molecule has 2 unspecified atom stereocenters. The predicted molar refractivity (Wildman–Crippen MR) is 87.7 cm³/mol. The summed E-state index contributed by atoms with van der Waals surface area (Å²) in [7, 11) is 0. The molecule has 0 aliphatic carbocycles. The highest BCUT2D eigenvalue weighted by molar-refractivity contribution is 6.35. The quantitative estimate of drug-likeness (QED) is 0.802. The third-order valence-electron chi connectivity index (χ3n) is 4.00. The molecule has 1 heterocycles. The highest BCUT2D eigenvalue weighted by Crippen LogP contribution is 2.14. The van der Waals surface area contributed by atoms with E-state index in [-0.39, 0.29) is 12.1 Å². The minimum atomic E-state index is -0.576. The highest BCUT2D eigenvalue weighted by atomic mass is 16.5. The summed E-state index contributed by atoms with van der Waals surface area (Å²) in [4.78, 5) is 26.1. The second-order valence-corrected chi connectivity index (χ2v) is 5.93. The topological polar surface area (TPSA) is 84.7 Å². The van der Waals surface area contributed by atoms with Gasteiger partial charge in [-0.2, -0.15) is 0 Å². The number of carbonyl (C=O) groups is 2. The molecule has 1 saturated heterocycles. The van der Waals surface area contributed by atoms with Crippen LogP contribution in [0, 0.1) is 6.92 Å². The summed E-state index contributed by atoms with van der Waals surface area (Å²) in [6.45, 7) is 5.67. The molecule has 1 fully saturated rings. The smallest absolute Gasteiger partial charge is 0.312 e. The number of hydrogen-bond donors (Lipinski definition) is 2. The van der Waals surface area contributed by atoms with Crippen molar-refractivity contribution in [2.45, 2.75) is 32.4 Å².